The van der Waals surface area contributed by atoms with Crippen LogP contribution in [0, 0.1) is 0 Å². The molecule has 0 aliphatic rings. The minimum absolute atomic E-state index is 2.28. The van der Waals surface area contributed by atoms with Gasteiger partial charge >= 0.3 is 30.3 Å². The van der Waals surface area contributed by atoms with Crippen LogP contribution in [-0.4, -0.2) is 14.1 Å². The Morgan fingerprint density at radius 2 is 1.80 bits per heavy atom. The van der Waals surface area contributed by atoms with Crippen molar-refractivity contribution in [1.82, 2.24) is 0 Å². The number of rotatable bonds is 1. The van der Waals surface area contributed by atoms with Crippen LogP contribution in [0.25, 0.3) is 0 Å². The molecule has 0 heterocycles. The van der Waals surface area contributed by atoms with E-state index in [2.05, 4.69) is 4.02 Å². The van der Waals surface area contributed by atoms with Crippen molar-refractivity contribution in [3.8, 4) is 0 Å². The van der Waals surface area contributed by atoms with E-state index in [-0.39, 0.29) is 0 Å². The maximum absolute atomic E-state index is 10.1. The second-order valence-corrected chi connectivity index (χ2v) is 1.52. The third kappa shape index (κ3) is 4.01. The van der Waals surface area contributed by atoms with Gasteiger partial charge in [0, 0.05) is 0 Å². The Hall–Kier alpha value is 0.00948. The van der Waals surface area contributed by atoms with E-state index in [9.17, 15) is 4.53 Å². The summed E-state index contributed by atoms with van der Waals surface area (Å²) in [6.07, 6.45) is 0. The summed E-state index contributed by atoms with van der Waals surface area (Å²) in [7, 11) is 0. The van der Waals surface area contributed by atoms with Gasteiger partial charge in [0.05, 0.1) is 0 Å². The maximum atomic E-state index is 10.1. The van der Waals surface area contributed by atoms with Crippen molar-refractivity contribution in [2.24, 2.45) is 0 Å². The molecule has 5 heteroatoms. The summed E-state index contributed by atoms with van der Waals surface area (Å²) in [4.78, 5) is 0. The van der Waals surface area contributed by atoms with Gasteiger partial charge in [-0.3, -0.25) is 0 Å². The molecule has 0 atom stereocenters. The molecule has 0 aliphatic carbocycles. The third-order valence-corrected chi connectivity index (χ3v) is 0.293. The van der Waals surface area contributed by atoms with Crippen LogP contribution < -0.4 is 0 Å². The van der Waals surface area contributed by atoms with Crippen molar-refractivity contribution in [2.75, 3.05) is 0 Å². The number of hydrogen-bond donors (Lipinski definition) is 0. The zero-order valence-electron chi connectivity index (χ0n) is 2.05. The van der Waals surface area contributed by atoms with Gasteiger partial charge in [-0.25, -0.2) is 0 Å². The van der Waals surface area contributed by atoms with Crippen molar-refractivity contribution in [3.63, 3.8) is 0 Å². The summed E-state index contributed by atoms with van der Waals surface area (Å²) >= 11 is -3.87. The normalized spacial score (nSPS) is 9.20. The Kier molecular flexibility index (Phi) is 2.26. The molecule has 0 fully saturated rings. The molecule has 0 spiro atoms. The summed E-state index contributed by atoms with van der Waals surface area (Å²) in [5.41, 5.74) is 0. The van der Waals surface area contributed by atoms with Gasteiger partial charge in [-0.15, -0.1) is 0 Å². The zero-order chi connectivity index (χ0) is 4.28. The first kappa shape index (κ1) is 5.01. The van der Waals surface area contributed by atoms with E-state index >= 15 is 0 Å². The van der Waals surface area contributed by atoms with Gasteiger partial charge in [0.25, 0.3) is 0 Å². The van der Waals surface area contributed by atoms with Gasteiger partial charge < -0.3 is 0 Å². The summed E-state index contributed by atoms with van der Waals surface area (Å²) in [6.45, 7) is 0. The van der Waals surface area contributed by atoms with Crippen LogP contribution in [0.2, 0.25) is 0 Å². The molecular weight excluding hydrogens is 146 g/mol. The van der Waals surface area contributed by atoms with Gasteiger partial charge in [-0.1, -0.05) is 0 Å². The van der Waals surface area contributed by atoms with Gasteiger partial charge in [0.2, 0.25) is 0 Å². The average Bonchev–Trinajstić information content (AvgIpc) is 1.38. The van der Waals surface area contributed by atoms with Crippen LogP contribution in [-0.2, 0) is 11.7 Å². The van der Waals surface area contributed by atoms with Crippen LogP contribution in [0.3, 0.4) is 0 Å². The molecule has 0 amide bonds. The van der Waals surface area contributed by atoms with Gasteiger partial charge in [-0.05, 0) is 0 Å². The first-order valence-electron chi connectivity index (χ1n) is 0.702. The zero-order valence-corrected chi connectivity index (χ0v) is 3.93. The van der Waals surface area contributed by atoms with E-state index in [1.807, 2.05) is 0 Å². The summed E-state index contributed by atoms with van der Waals surface area (Å²) in [5.74, 6) is 0. The van der Waals surface area contributed by atoms with E-state index in [1.54, 1.807) is 0 Å². The minimum atomic E-state index is -3.87. The predicted octanol–water partition coefficient (Wildman–Crippen LogP) is -0.534. The Labute approximate surface area is 31.2 Å². The molecule has 0 bridgehead atoms. The molecule has 0 saturated heterocycles. The fraction of sp³-hybridized carbons (Fsp3) is 0. The molecule has 0 aromatic heterocycles. The molecule has 0 aromatic carbocycles. The molecular formula is HFO3Se. The van der Waals surface area contributed by atoms with Crippen LogP contribution in [0.5, 0.6) is 0 Å². The van der Waals surface area contributed by atoms with Crippen LogP contribution in [0.1, 0.15) is 0 Å². The fourth-order valence-corrected chi connectivity index (χ4v) is 0. The van der Waals surface area contributed by atoms with E-state index in [4.69, 9.17) is 7.67 Å². The van der Waals surface area contributed by atoms with E-state index < -0.39 is 14.1 Å². The summed E-state index contributed by atoms with van der Waals surface area (Å²) in [5, 5.41) is 0. The molecule has 32 valence electrons. The standard InChI is InChI=1S/FHO3Se/c1-4-5(2)3/h5H. The molecule has 0 aliphatic heterocycles. The van der Waals surface area contributed by atoms with E-state index in [0.717, 1.165) is 0 Å². The first-order chi connectivity index (χ1) is 2.27. The first-order valence-corrected chi connectivity index (χ1v) is 3.00. The Balaban J connectivity index is 3.23. The second kappa shape index (κ2) is 2.26. The van der Waals surface area contributed by atoms with Crippen molar-refractivity contribution in [3.05, 3.63) is 0 Å². The van der Waals surface area contributed by atoms with Crippen molar-refractivity contribution in [1.29, 1.82) is 0 Å². The van der Waals surface area contributed by atoms with Gasteiger partial charge in [0.1, 0.15) is 0 Å². The molecule has 0 radical (unpaired) electrons. The topological polar surface area (TPSA) is 43.4 Å². The Morgan fingerprint density at radius 3 is 1.80 bits per heavy atom. The van der Waals surface area contributed by atoms with Crippen LogP contribution in [0.4, 0.5) is 4.53 Å². The van der Waals surface area contributed by atoms with Crippen molar-refractivity contribution in [2.45, 2.75) is 0 Å². The molecule has 3 nitrogen and oxygen atoms in total. The van der Waals surface area contributed by atoms with E-state index in [0.29, 0.717) is 0 Å². The molecule has 5 heavy (non-hydrogen) atoms. The molecule has 0 saturated carbocycles. The molecule has 0 aromatic rings. The Bertz CT molecular complexity index is 65.0. The molecule has 0 rings (SSSR count). The quantitative estimate of drug-likeness (QED) is 0.468. The van der Waals surface area contributed by atoms with E-state index in [1.165, 1.54) is 0 Å². The Morgan fingerprint density at radius 1 is 1.60 bits per heavy atom. The molecule has 0 unspecified atom stereocenters. The second-order valence-electron chi connectivity index (χ2n) is 0.293. The van der Waals surface area contributed by atoms with Gasteiger partial charge in [0.15, 0.2) is 0 Å². The fourth-order valence-electron chi connectivity index (χ4n) is 0. The summed E-state index contributed by atoms with van der Waals surface area (Å²) in [6, 6.07) is 0. The number of hydrogen-bond acceptors (Lipinski definition) is 3. The monoisotopic (exact) mass is 148 g/mol. The average molecular weight is 147 g/mol. The van der Waals surface area contributed by atoms with Crippen molar-refractivity contribution < 1.29 is 16.2 Å². The SMILES string of the molecule is O=[SeH](=O)OF. The van der Waals surface area contributed by atoms with Crippen LogP contribution in [0.15, 0.2) is 0 Å². The third-order valence-electron chi connectivity index (χ3n) is 0.0563. The van der Waals surface area contributed by atoms with Gasteiger partial charge in [-0.2, -0.15) is 0 Å². The predicted molar refractivity (Wildman–Crippen MR) is 10.7 cm³/mol. The molecule has 0 N–H and O–H groups in total. The summed E-state index contributed by atoms with van der Waals surface area (Å²) < 4.78 is 30.1. The van der Waals surface area contributed by atoms with Crippen LogP contribution >= 0.6 is 0 Å². The number of halogens is 1. The van der Waals surface area contributed by atoms with Crippen molar-refractivity contribution >= 4 is 14.1 Å².